The van der Waals surface area contributed by atoms with Gasteiger partial charge in [0.25, 0.3) is 6.43 Å². The molecule has 3 nitrogen and oxygen atoms in total. The van der Waals surface area contributed by atoms with Crippen molar-refractivity contribution < 1.29 is 31.9 Å². The zero-order valence-electron chi connectivity index (χ0n) is 7.73. The summed E-state index contributed by atoms with van der Waals surface area (Å²) >= 11 is 1.25. The molecule has 94 valence electrons. The van der Waals surface area contributed by atoms with Crippen LogP contribution < -0.4 is 0 Å². The average molecular weight is 367 g/mol. The lowest BCUT2D eigenvalue weighted by Gasteiger charge is -2.11. The Morgan fingerprint density at radius 1 is 1.41 bits per heavy atom. The number of hydrogen-bond acceptors (Lipinski definition) is 2. The molecule has 9 heteroatoms. The molecular weight excluding hydrogens is 364 g/mol. The van der Waals surface area contributed by atoms with E-state index in [9.17, 15) is 26.7 Å². The van der Waals surface area contributed by atoms with Gasteiger partial charge in [0.05, 0.1) is 0 Å². The summed E-state index contributed by atoms with van der Waals surface area (Å²) < 4.78 is 61.3. The quantitative estimate of drug-likeness (QED) is 0.645. The molecule has 0 aliphatic rings. The van der Waals surface area contributed by atoms with Crippen LogP contribution >= 0.6 is 22.6 Å². The topological polar surface area (TPSA) is 50.2 Å². The van der Waals surface area contributed by atoms with Crippen LogP contribution in [0.2, 0.25) is 0 Å². The predicted molar refractivity (Wildman–Crippen MR) is 53.9 cm³/mol. The van der Waals surface area contributed by atoms with E-state index in [0.717, 1.165) is 0 Å². The number of halogens is 6. The van der Waals surface area contributed by atoms with Crippen LogP contribution in [-0.2, 0) is 6.18 Å². The van der Waals surface area contributed by atoms with Crippen molar-refractivity contribution in [2.75, 3.05) is 0 Å². The monoisotopic (exact) mass is 367 g/mol. The molecule has 0 spiro atoms. The summed E-state index contributed by atoms with van der Waals surface area (Å²) in [6, 6.07) is 0.413. The SMILES string of the molecule is O=C(O)c1c(I)cc(C(F)(F)F)nc1C(F)F. The Bertz CT molecular complexity index is 460. The van der Waals surface area contributed by atoms with Crippen molar-refractivity contribution in [2.45, 2.75) is 12.6 Å². The average Bonchev–Trinajstić information content (AvgIpc) is 2.13. The van der Waals surface area contributed by atoms with Crippen molar-refractivity contribution in [2.24, 2.45) is 0 Å². The van der Waals surface area contributed by atoms with Crippen molar-refractivity contribution in [1.82, 2.24) is 4.98 Å². The fourth-order valence-electron chi connectivity index (χ4n) is 1.05. The molecule has 0 aliphatic carbocycles. The van der Waals surface area contributed by atoms with E-state index < -0.39 is 39.1 Å². The summed E-state index contributed by atoms with van der Waals surface area (Å²) in [7, 11) is 0. The first-order chi connectivity index (χ1) is 7.64. The number of carboxylic acid groups (broad SMARTS) is 1. The Hall–Kier alpha value is -1.00. The van der Waals surface area contributed by atoms with Gasteiger partial charge in [-0.25, -0.2) is 18.6 Å². The van der Waals surface area contributed by atoms with Crippen LogP contribution in [0, 0.1) is 3.57 Å². The van der Waals surface area contributed by atoms with Crippen LogP contribution in [0.5, 0.6) is 0 Å². The molecule has 1 rings (SSSR count). The van der Waals surface area contributed by atoms with Crippen molar-refractivity contribution in [1.29, 1.82) is 0 Å². The number of alkyl halides is 5. The van der Waals surface area contributed by atoms with Crippen LogP contribution in [0.3, 0.4) is 0 Å². The summed E-state index contributed by atoms with van der Waals surface area (Å²) in [4.78, 5) is 13.3. The number of pyridine rings is 1. The molecule has 1 aromatic rings. The van der Waals surface area contributed by atoms with E-state index in [1.807, 2.05) is 0 Å². The number of aromatic carboxylic acids is 1. The maximum absolute atomic E-state index is 12.4. The minimum absolute atomic E-state index is 0.413. The van der Waals surface area contributed by atoms with Gasteiger partial charge in [0.2, 0.25) is 0 Å². The maximum atomic E-state index is 12.4. The molecule has 0 saturated heterocycles. The Kier molecular flexibility index (Phi) is 3.89. The molecule has 1 N–H and O–H groups in total. The summed E-state index contributed by atoms with van der Waals surface area (Å²) in [5, 5.41) is 8.63. The highest BCUT2D eigenvalue weighted by molar-refractivity contribution is 14.1. The summed E-state index contributed by atoms with van der Waals surface area (Å²) in [5.41, 5.74) is -3.83. The third-order valence-electron chi connectivity index (χ3n) is 1.71. The first-order valence-corrected chi connectivity index (χ1v) is 5.01. The summed E-state index contributed by atoms with van der Waals surface area (Å²) in [6.45, 7) is 0. The summed E-state index contributed by atoms with van der Waals surface area (Å²) in [6.07, 6.45) is -8.29. The molecule has 1 aromatic heterocycles. The summed E-state index contributed by atoms with van der Waals surface area (Å²) in [5.74, 6) is -1.74. The van der Waals surface area contributed by atoms with Crippen LogP contribution in [0.15, 0.2) is 6.07 Å². The first-order valence-electron chi connectivity index (χ1n) is 3.93. The van der Waals surface area contributed by atoms with Gasteiger partial charge < -0.3 is 5.11 Å². The Morgan fingerprint density at radius 3 is 2.29 bits per heavy atom. The minimum Gasteiger partial charge on any atom is -0.478 e. The van der Waals surface area contributed by atoms with E-state index in [1.165, 1.54) is 22.6 Å². The van der Waals surface area contributed by atoms with Gasteiger partial charge in [-0.1, -0.05) is 0 Å². The number of hydrogen-bond donors (Lipinski definition) is 1. The van der Waals surface area contributed by atoms with E-state index >= 15 is 0 Å². The molecule has 0 fully saturated rings. The molecular formula is C8H3F5INO2. The van der Waals surface area contributed by atoms with Gasteiger partial charge in [0.15, 0.2) is 0 Å². The third-order valence-corrected chi connectivity index (χ3v) is 2.56. The molecule has 0 saturated carbocycles. The third kappa shape index (κ3) is 3.01. The largest absolute Gasteiger partial charge is 0.478 e. The Balaban J connectivity index is 3.52. The molecule has 0 radical (unpaired) electrons. The first kappa shape index (κ1) is 14.1. The predicted octanol–water partition coefficient (Wildman–Crippen LogP) is 3.34. The van der Waals surface area contributed by atoms with Gasteiger partial charge in [-0.15, -0.1) is 0 Å². The van der Waals surface area contributed by atoms with E-state index in [1.54, 1.807) is 0 Å². The van der Waals surface area contributed by atoms with Crippen LogP contribution in [0.4, 0.5) is 22.0 Å². The maximum Gasteiger partial charge on any atom is 0.433 e. The normalized spacial score (nSPS) is 11.9. The molecule has 0 aliphatic heterocycles. The number of carbonyl (C=O) groups is 1. The van der Waals surface area contributed by atoms with Gasteiger partial charge in [-0.05, 0) is 28.7 Å². The highest BCUT2D eigenvalue weighted by atomic mass is 127. The number of rotatable bonds is 2. The smallest absolute Gasteiger partial charge is 0.433 e. The standard InChI is InChI=1S/C8H3F5INO2/c9-6(10)5-4(7(16)17)2(14)1-3(15-5)8(11,12)13/h1,6H,(H,16,17). The van der Waals surface area contributed by atoms with Gasteiger partial charge in [-0.2, -0.15) is 13.2 Å². The lowest BCUT2D eigenvalue weighted by atomic mass is 10.1. The van der Waals surface area contributed by atoms with E-state index in [4.69, 9.17) is 5.11 Å². The number of aromatic nitrogens is 1. The van der Waals surface area contributed by atoms with Gasteiger partial charge in [0, 0.05) is 3.57 Å². The molecule has 0 amide bonds. The molecule has 0 aromatic carbocycles. The fourth-order valence-corrected chi connectivity index (χ4v) is 1.85. The number of nitrogens with zero attached hydrogens (tertiary/aromatic N) is 1. The zero-order valence-corrected chi connectivity index (χ0v) is 9.88. The zero-order chi connectivity index (χ0) is 13.4. The van der Waals surface area contributed by atoms with Crippen molar-refractivity contribution in [3.05, 3.63) is 26.6 Å². The van der Waals surface area contributed by atoms with E-state index in [2.05, 4.69) is 4.98 Å². The van der Waals surface area contributed by atoms with Crippen LogP contribution in [0.25, 0.3) is 0 Å². The highest BCUT2D eigenvalue weighted by Gasteiger charge is 2.36. The molecule has 0 bridgehead atoms. The minimum atomic E-state index is -4.90. The lowest BCUT2D eigenvalue weighted by molar-refractivity contribution is -0.141. The Labute approximate surface area is 105 Å². The van der Waals surface area contributed by atoms with Crippen molar-refractivity contribution >= 4 is 28.6 Å². The van der Waals surface area contributed by atoms with Crippen LogP contribution in [-0.4, -0.2) is 16.1 Å². The molecule has 17 heavy (non-hydrogen) atoms. The van der Waals surface area contributed by atoms with Gasteiger partial charge in [0.1, 0.15) is 17.0 Å². The fraction of sp³-hybridized carbons (Fsp3) is 0.250. The van der Waals surface area contributed by atoms with Gasteiger partial charge >= 0.3 is 12.1 Å². The Morgan fingerprint density at radius 2 is 1.94 bits per heavy atom. The highest BCUT2D eigenvalue weighted by Crippen LogP contribution is 2.33. The van der Waals surface area contributed by atoms with E-state index in [-0.39, 0.29) is 0 Å². The van der Waals surface area contributed by atoms with Gasteiger partial charge in [-0.3, -0.25) is 0 Å². The van der Waals surface area contributed by atoms with Crippen molar-refractivity contribution in [3.63, 3.8) is 0 Å². The number of carboxylic acids is 1. The van der Waals surface area contributed by atoms with Crippen LogP contribution in [0.1, 0.15) is 28.2 Å². The molecule has 0 atom stereocenters. The van der Waals surface area contributed by atoms with Crippen molar-refractivity contribution in [3.8, 4) is 0 Å². The molecule has 1 heterocycles. The molecule has 0 unspecified atom stereocenters. The lowest BCUT2D eigenvalue weighted by Crippen LogP contribution is -2.15. The second kappa shape index (κ2) is 4.70. The van der Waals surface area contributed by atoms with E-state index in [0.29, 0.717) is 6.07 Å². The second-order valence-electron chi connectivity index (χ2n) is 2.85. The second-order valence-corrected chi connectivity index (χ2v) is 4.02.